The topological polar surface area (TPSA) is 15.7 Å². The molecule has 0 amide bonds. The minimum absolute atomic E-state index is 0.841. The van der Waals surface area contributed by atoms with E-state index >= 15 is 0 Å². The van der Waals surface area contributed by atoms with Gasteiger partial charge in [-0.05, 0) is 95.8 Å². The molecule has 25 heavy (non-hydrogen) atoms. The fraction of sp³-hybridized carbons (Fsp3) is 0.636. The molecule has 2 heterocycles. The second kappa shape index (κ2) is 9.28. The van der Waals surface area contributed by atoms with E-state index in [-0.39, 0.29) is 0 Å². The zero-order chi connectivity index (χ0) is 17.5. The van der Waals surface area contributed by atoms with Crippen LogP contribution in [0, 0.1) is 0 Å². The Hall–Kier alpha value is -1.48. The first-order valence-corrected chi connectivity index (χ1v) is 10.1. The van der Waals surface area contributed by atoms with Gasteiger partial charge in [-0.25, -0.2) is 0 Å². The number of anilines is 1. The predicted octanol–water partition coefficient (Wildman–Crippen LogP) is 4.66. The SMILES string of the molecule is CC(C)=CCN1CCCc2cc(OCCCCN3CCCC3)ccc21. The van der Waals surface area contributed by atoms with Crippen LogP contribution in [0.1, 0.15) is 51.5 Å². The summed E-state index contributed by atoms with van der Waals surface area (Å²) in [5, 5.41) is 0. The van der Waals surface area contributed by atoms with Crippen molar-refractivity contribution in [2.45, 2.75) is 52.4 Å². The van der Waals surface area contributed by atoms with Crippen LogP contribution in [-0.2, 0) is 6.42 Å². The Morgan fingerprint density at radius 1 is 1.08 bits per heavy atom. The van der Waals surface area contributed by atoms with Gasteiger partial charge in [0.05, 0.1) is 6.61 Å². The number of hydrogen-bond acceptors (Lipinski definition) is 3. The van der Waals surface area contributed by atoms with E-state index in [0.717, 1.165) is 31.9 Å². The van der Waals surface area contributed by atoms with Crippen LogP contribution in [0.4, 0.5) is 5.69 Å². The molecule has 2 aliphatic rings. The number of likely N-dealkylation sites (tertiary alicyclic amines) is 1. The molecule has 1 fully saturated rings. The number of allylic oxidation sites excluding steroid dienone is 1. The van der Waals surface area contributed by atoms with Crippen molar-refractivity contribution in [1.29, 1.82) is 0 Å². The number of unbranched alkanes of at least 4 members (excludes halogenated alkanes) is 1. The molecule has 138 valence electrons. The minimum atomic E-state index is 0.841. The molecule has 2 aliphatic heterocycles. The Kier molecular flexibility index (Phi) is 6.80. The van der Waals surface area contributed by atoms with Gasteiger partial charge in [-0.2, -0.15) is 0 Å². The lowest BCUT2D eigenvalue weighted by molar-refractivity contribution is 0.279. The third-order valence-electron chi connectivity index (χ3n) is 5.32. The van der Waals surface area contributed by atoms with Crippen LogP contribution < -0.4 is 9.64 Å². The second-order valence-electron chi connectivity index (χ2n) is 7.73. The van der Waals surface area contributed by atoms with Crippen molar-refractivity contribution < 1.29 is 4.74 Å². The molecular formula is C22H34N2O. The molecule has 1 aromatic rings. The van der Waals surface area contributed by atoms with Crippen molar-refractivity contribution in [3.8, 4) is 5.75 Å². The number of ether oxygens (including phenoxy) is 1. The van der Waals surface area contributed by atoms with Gasteiger partial charge in [0, 0.05) is 18.8 Å². The summed E-state index contributed by atoms with van der Waals surface area (Å²) in [6.45, 7) is 11.2. The van der Waals surface area contributed by atoms with Gasteiger partial charge in [-0.1, -0.05) is 11.6 Å². The molecule has 0 radical (unpaired) electrons. The van der Waals surface area contributed by atoms with Gasteiger partial charge in [0.2, 0.25) is 0 Å². The highest BCUT2D eigenvalue weighted by Gasteiger charge is 2.16. The van der Waals surface area contributed by atoms with Gasteiger partial charge >= 0.3 is 0 Å². The molecule has 0 bridgehead atoms. The van der Waals surface area contributed by atoms with Crippen LogP contribution in [0.15, 0.2) is 29.8 Å². The lowest BCUT2D eigenvalue weighted by Crippen LogP contribution is -2.29. The summed E-state index contributed by atoms with van der Waals surface area (Å²) in [6.07, 6.45) is 9.91. The van der Waals surface area contributed by atoms with Crippen LogP contribution in [0.5, 0.6) is 5.75 Å². The Bertz CT molecular complexity index is 571. The number of nitrogens with zero attached hydrogens (tertiary/aromatic N) is 2. The number of benzene rings is 1. The van der Waals surface area contributed by atoms with Crippen molar-refractivity contribution >= 4 is 5.69 Å². The minimum Gasteiger partial charge on any atom is -0.494 e. The summed E-state index contributed by atoms with van der Waals surface area (Å²) in [6, 6.07) is 6.68. The van der Waals surface area contributed by atoms with E-state index in [2.05, 4.69) is 47.9 Å². The van der Waals surface area contributed by atoms with Crippen LogP contribution in [0.3, 0.4) is 0 Å². The molecule has 0 saturated carbocycles. The molecule has 0 N–H and O–H groups in total. The maximum atomic E-state index is 6.02. The number of fused-ring (bicyclic) bond motifs is 1. The first-order valence-electron chi connectivity index (χ1n) is 10.1. The van der Waals surface area contributed by atoms with Gasteiger partial charge in [-0.15, -0.1) is 0 Å². The van der Waals surface area contributed by atoms with Crippen molar-refractivity contribution in [3.05, 3.63) is 35.4 Å². The number of hydrogen-bond donors (Lipinski definition) is 0. The van der Waals surface area contributed by atoms with E-state index in [1.54, 1.807) is 0 Å². The summed E-state index contributed by atoms with van der Waals surface area (Å²) < 4.78 is 6.02. The van der Waals surface area contributed by atoms with E-state index < -0.39 is 0 Å². The molecule has 3 heteroatoms. The predicted molar refractivity (Wildman–Crippen MR) is 107 cm³/mol. The Labute approximate surface area is 153 Å². The lowest BCUT2D eigenvalue weighted by atomic mass is 10.0. The van der Waals surface area contributed by atoms with Gasteiger partial charge in [0.1, 0.15) is 5.75 Å². The largest absolute Gasteiger partial charge is 0.494 e. The zero-order valence-corrected chi connectivity index (χ0v) is 16.1. The van der Waals surface area contributed by atoms with Crippen molar-refractivity contribution in [1.82, 2.24) is 4.90 Å². The third kappa shape index (κ3) is 5.50. The maximum Gasteiger partial charge on any atom is 0.119 e. The van der Waals surface area contributed by atoms with Crippen LogP contribution in [-0.4, -0.2) is 44.2 Å². The van der Waals surface area contributed by atoms with Gasteiger partial charge in [-0.3, -0.25) is 0 Å². The van der Waals surface area contributed by atoms with E-state index in [1.165, 1.54) is 68.6 Å². The van der Waals surface area contributed by atoms with Crippen molar-refractivity contribution in [2.24, 2.45) is 0 Å². The normalized spacial score (nSPS) is 17.4. The van der Waals surface area contributed by atoms with Crippen LogP contribution in [0.2, 0.25) is 0 Å². The summed E-state index contributed by atoms with van der Waals surface area (Å²) >= 11 is 0. The standard InChI is InChI=1S/C22H34N2O/c1-19(2)11-16-24-15-7-8-20-18-21(9-10-22(20)24)25-17-6-5-14-23-12-3-4-13-23/h9-11,18H,3-8,12-17H2,1-2H3. The molecule has 0 aromatic heterocycles. The second-order valence-corrected chi connectivity index (χ2v) is 7.73. The van der Waals surface area contributed by atoms with Crippen LogP contribution in [0.25, 0.3) is 0 Å². The fourth-order valence-electron chi connectivity index (χ4n) is 3.86. The van der Waals surface area contributed by atoms with Crippen molar-refractivity contribution in [3.63, 3.8) is 0 Å². The Morgan fingerprint density at radius 3 is 2.72 bits per heavy atom. The van der Waals surface area contributed by atoms with E-state index in [0.29, 0.717) is 0 Å². The smallest absolute Gasteiger partial charge is 0.119 e. The summed E-state index contributed by atoms with van der Waals surface area (Å²) in [4.78, 5) is 5.08. The Balaban J connectivity index is 1.46. The summed E-state index contributed by atoms with van der Waals surface area (Å²) in [7, 11) is 0. The highest BCUT2D eigenvalue weighted by Crippen LogP contribution is 2.30. The average molecular weight is 343 g/mol. The number of rotatable bonds is 8. The number of aryl methyl sites for hydroxylation is 1. The molecule has 0 spiro atoms. The molecule has 3 nitrogen and oxygen atoms in total. The molecular weight excluding hydrogens is 308 g/mol. The van der Waals surface area contributed by atoms with Gasteiger partial charge < -0.3 is 14.5 Å². The molecule has 1 aromatic carbocycles. The molecule has 3 rings (SSSR count). The van der Waals surface area contributed by atoms with E-state index in [4.69, 9.17) is 4.74 Å². The zero-order valence-electron chi connectivity index (χ0n) is 16.1. The third-order valence-corrected chi connectivity index (χ3v) is 5.32. The molecule has 0 unspecified atom stereocenters. The highest BCUT2D eigenvalue weighted by molar-refractivity contribution is 5.58. The molecule has 1 saturated heterocycles. The first kappa shape index (κ1) is 18.3. The average Bonchev–Trinajstić information content (AvgIpc) is 3.12. The molecule has 0 atom stereocenters. The quantitative estimate of drug-likeness (QED) is 0.505. The lowest BCUT2D eigenvalue weighted by Gasteiger charge is -2.31. The monoisotopic (exact) mass is 342 g/mol. The first-order chi connectivity index (χ1) is 12.2. The maximum absolute atomic E-state index is 6.02. The van der Waals surface area contributed by atoms with Gasteiger partial charge in [0.15, 0.2) is 0 Å². The van der Waals surface area contributed by atoms with Gasteiger partial charge in [0.25, 0.3) is 0 Å². The van der Waals surface area contributed by atoms with E-state index in [9.17, 15) is 0 Å². The van der Waals surface area contributed by atoms with Crippen molar-refractivity contribution in [2.75, 3.05) is 44.2 Å². The summed E-state index contributed by atoms with van der Waals surface area (Å²) in [5.74, 6) is 1.05. The van der Waals surface area contributed by atoms with E-state index in [1.807, 2.05) is 0 Å². The Morgan fingerprint density at radius 2 is 1.92 bits per heavy atom. The molecule has 0 aliphatic carbocycles. The van der Waals surface area contributed by atoms with Crippen LogP contribution >= 0.6 is 0 Å². The highest BCUT2D eigenvalue weighted by atomic mass is 16.5. The fourth-order valence-corrected chi connectivity index (χ4v) is 3.86. The summed E-state index contributed by atoms with van der Waals surface area (Å²) in [5.41, 5.74) is 4.23.